The largest absolute Gasteiger partial charge is 0.452 e. The van der Waals surface area contributed by atoms with Gasteiger partial charge in [0.15, 0.2) is 11.9 Å². The third-order valence-corrected chi connectivity index (χ3v) is 4.62. The summed E-state index contributed by atoms with van der Waals surface area (Å²) in [6, 6.07) is 6.72. The van der Waals surface area contributed by atoms with Crippen LogP contribution in [0.5, 0.6) is 0 Å². The summed E-state index contributed by atoms with van der Waals surface area (Å²) >= 11 is 0. The first-order chi connectivity index (χ1) is 14.8. The molecule has 0 aliphatic carbocycles. The molecule has 2 heterocycles. The molecule has 1 amide bonds. The van der Waals surface area contributed by atoms with Crippen LogP contribution in [0.15, 0.2) is 42.6 Å². The van der Waals surface area contributed by atoms with Crippen LogP contribution in [-0.2, 0) is 20.5 Å². The topological polar surface area (TPSA) is 72.7 Å². The number of hydrogen-bond donors (Lipinski definition) is 1. The molecule has 0 saturated heterocycles. The fraction of sp³-hybridized carbons (Fsp3) is 0.318. The smallest absolute Gasteiger partial charge is 0.416 e. The van der Waals surface area contributed by atoms with Crippen molar-refractivity contribution in [1.82, 2.24) is 9.38 Å². The Hall–Kier alpha value is -3.43. The van der Waals surface area contributed by atoms with E-state index >= 15 is 0 Å². The zero-order valence-electron chi connectivity index (χ0n) is 17.7. The number of nitrogens with zero attached hydrogens (tertiary/aromatic N) is 2. The molecule has 0 fully saturated rings. The van der Waals surface area contributed by atoms with Gasteiger partial charge in [0, 0.05) is 24.1 Å². The normalized spacial score (nSPS) is 13.1. The van der Waals surface area contributed by atoms with Crippen molar-refractivity contribution in [3.05, 3.63) is 54.0 Å². The van der Waals surface area contributed by atoms with E-state index in [1.165, 1.54) is 35.6 Å². The molecule has 0 saturated carbocycles. The van der Waals surface area contributed by atoms with Crippen molar-refractivity contribution in [2.45, 2.75) is 40.0 Å². The fourth-order valence-electron chi connectivity index (χ4n) is 3.17. The second-order valence-corrected chi connectivity index (χ2v) is 8.30. The number of benzene rings is 1. The molecule has 1 atom stereocenters. The number of ether oxygens (including phenoxy) is 1. The highest BCUT2D eigenvalue weighted by molar-refractivity contribution is 5.98. The van der Waals surface area contributed by atoms with E-state index in [2.05, 4.69) is 10.3 Å². The average Bonchev–Trinajstić information content (AvgIpc) is 3.01. The van der Waals surface area contributed by atoms with Crippen LogP contribution in [0.1, 0.15) is 33.3 Å². The van der Waals surface area contributed by atoms with Crippen molar-refractivity contribution in [2.24, 2.45) is 5.41 Å². The summed E-state index contributed by atoms with van der Waals surface area (Å²) in [5.74, 6) is -1.94. The number of carbonyl (C=O) groups is 2. The van der Waals surface area contributed by atoms with Gasteiger partial charge in [0.05, 0.1) is 11.3 Å². The Balaban J connectivity index is 2.09. The molecule has 0 radical (unpaired) electrons. The highest BCUT2D eigenvalue weighted by Gasteiger charge is 2.35. The standard InChI is InChI=1S/C22H21F4N3O3/c1-12(30)32-18(21(2,3)4)20(31)28-19-17(29-11-15(23)9-10-16(29)27-19)13-5-7-14(8-6-13)22(24,25)26/h5-11,18H,1-4H3,(H,28,31). The monoisotopic (exact) mass is 451 g/mol. The average molecular weight is 451 g/mol. The van der Waals surface area contributed by atoms with E-state index in [0.717, 1.165) is 18.3 Å². The third-order valence-electron chi connectivity index (χ3n) is 4.62. The molecule has 170 valence electrons. The number of rotatable bonds is 4. The Morgan fingerprint density at radius 3 is 2.22 bits per heavy atom. The number of hydrogen-bond acceptors (Lipinski definition) is 4. The van der Waals surface area contributed by atoms with Gasteiger partial charge in [0.2, 0.25) is 0 Å². The number of nitrogens with one attached hydrogen (secondary N) is 1. The first kappa shape index (κ1) is 23.2. The van der Waals surface area contributed by atoms with E-state index in [1.807, 2.05) is 0 Å². The molecule has 1 unspecified atom stereocenters. The number of aromatic nitrogens is 2. The molecule has 32 heavy (non-hydrogen) atoms. The Kier molecular flexibility index (Phi) is 5.99. The van der Waals surface area contributed by atoms with Gasteiger partial charge in [0.1, 0.15) is 11.5 Å². The molecular weight excluding hydrogens is 430 g/mol. The van der Waals surface area contributed by atoms with E-state index in [0.29, 0.717) is 0 Å². The maximum Gasteiger partial charge on any atom is 0.416 e. The first-order valence-corrected chi connectivity index (χ1v) is 9.60. The highest BCUT2D eigenvalue weighted by Crippen LogP contribution is 2.34. The van der Waals surface area contributed by atoms with E-state index in [9.17, 15) is 27.2 Å². The summed E-state index contributed by atoms with van der Waals surface area (Å²) in [5, 5.41) is 2.58. The van der Waals surface area contributed by atoms with Crippen LogP contribution < -0.4 is 5.32 Å². The quantitative estimate of drug-likeness (QED) is 0.444. The molecule has 10 heteroatoms. The van der Waals surface area contributed by atoms with Gasteiger partial charge in [-0.05, 0) is 24.3 Å². The number of esters is 1. The minimum atomic E-state index is -4.52. The summed E-state index contributed by atoms with van der Waals surface area (Å²) in [6.45, 7) is 6.29. The molecule has 2 aromatic heterocycles. The van der Waals surface area contributed by atoms with Gasteiger partial charge >= 0.3 is 12.1 Å². The van der Waals surface area contributed by atoms with Gasteiger partial charge in [-0.25, -0.2) is 9.37 Å². The van der Waals surface area contributed by atoms with Crippen molar-refractivity contribution in [2.75, 3.05) is 5.32 Å². The summed E-state index contributed by atoms with van der Waals surface area (Å²) in [7, 11) is 0. The van der Waals surface area contributed by atoms with Gasteiger partial charge < -0.3 is 10.1 Å². The number of halogens is 4. The maximum absolute atomic E-state index is 13.9. The molecule has 6 nitrogen and oxygen atoms in total. The first-order valence-electron chi connectivity index (χ1n) is 9.60. The van der Waals surface area contributed by atoms with Crippen molar-refractivity contribution < 1.29 is 31.9 Å². The van der Waals surface area contributed by atoms with Crippen LogP contribution in [-0.4, -0.2) is 27.4 Å². The van der Waals surface area contributed by atoms with E-state index in [1.54, 1.807) is 20.8 Å². The number of amides is 1. The van der Waals surface area contributed by atoms with E-state index < -0.39 is 41.0 Å². The SMILES string of the molecule is CC(=O)OC(C(=O)Nc1nc2ccc(F)cn2c1-c1ccc(C(F)(F)F)cc1)C(C)(C)C. The van der Waals surface area contributed by atoms with Gasteiger partial charge in [-0.15, -0.1) is 0 Å². The second kappa shape index (κ2) is 8.25. The summed E-state index contributed by atoms with van der Waals surface area (Å²) < 4.78 is 59.3. The Morgan fingerprint density at radius 1 is 1.06 bits per heavy atom. The predicted octanol–water partition coefficient (Wildman–Crippen LogP) is 5.08. The summed E-state index contributed by atoms with van der Waals surface area (Å²) in [5.41, 5.74) is -0.899. The minimum absolute atomic E-state index is 0.0123. The molecule has 1 aromatic carbocycles. The molecule has 0 aliphatic rings. The van der Waals surface area contributed by atoms with Crippen LogP contribution in [0.3, 0.4) is 0 Å². The Morgan fingerprint density at radius 2 is 1.69 bits per heavy atom. The molecule has 0 bridgehead atoms. The Labute approximate surface area is 181 Å². The number of imidazole rings is 1. The lowest BCUT2D eigenvalue weighted by atomic mass is 9.88. The van der Waals surface area contributed by atoms with Crippen LogP contribution in [0.4, 0.5) is 23.4 Å². The zero-order valence-corrected chi connectivity index (χ0v) is 17.7. The number of carbonyl (C=O) groups excluding carboxylic acids is 2. The van der Waals surface area contributed by atoms with Crippen LogP contribution in [0.2, 0.25) is 0 Å². The Bertz CT molecular complexity index is 1160. The molecule has 3 rings (SSSR count). The van der Waals surface area contributed by atoms with Crippen LogP contribution in [0, 0.1) is 11.2 Å². The molecular formula is C22H21F4N3O3. The number of anilines is 1. The minimum Gasteiger partial charge on any atom is -0.452 e. The number of pyridine rings is 1. The van der Waals surface area contributed by atoms with Crippen LogP contribution >= 0.6 is 0 Å². The number of alkyl halides is 3. The van der Waals surface area contributed by atoms with Crippen molar-refractivity contribution in [3.63, 3.8) is 0 Å². The second-order valence-electron chi connectivity index (χ2n) is 8.30. The van der Waals surface area contributed by atoms with Crippen molar-refractivity contribution in [1.29, 1.82) is 0 Å². The molecule has 0 spiro atoms. The van der Waals surface area contributed by atoms with Crippen molar-refractivity contribution in [3.8, 4) is 11.3 Å². The number of fused-ring (bicyclic) bond motifs is 1. The zero-order chi connectivity index (χ0) is 23.8. The van der Waals surface area contributed by atoms with Crippen LogP contribution in [0.25, 0.3) is 16.9 Å². The van der Waals surface area contributed by atoms with Gasteiger partial charge in [-0.3, -0.25) is 14.0 Å². The maximum atomic E-state index is 13.9. The summed E-state index contributed by atoms with van der Waals surface area (Å²) in [6.07, 6.45) is -4.58. The lowest BCUT2D eigenvalue weighted by molar-refractivity contribution is -0.158. The molecule has 1 N–H and O–H groups in total. The fourth-order valence-corrected chi connectivity index (χ4v) is 3.17. The third kappa shape index (κ3) is 4.90. The van der Waals surface area contributed by atoms with Gasteiger partial charge in [0.25, 0.3) is 5.91 Å². The highest BCUT2D eigenvalue weighted by atomic mass is 19.4. The van der Waals surface area contributed by atoms with Crippen molar-refractivity contribution >= 4 is 23.3 Å². The molecule has 3 aromatic rings. The van der Waals surface area contributed by atoms with E-state index in [4.69, 9.17) is 4.74 Å². The predicted molar refractivity (Wildman–Crippen MR) is 109 cm³/mol. The lowest BCUT2D eigenvalue weighted by Crippen LogP contribution is -2.42. The van der Waals surface area contributed by atoms with Gasteiger partial charge in [-0.2, -0.15) is 13.2 Å². The summed E-state index contributed by atoms with van der Waals surface area (Å²) in [4.78, 5) is 28.7. The molecule has 0 aliphatic heterocycles. The van der Waals surface area contributed by atoms with E-state index in [-0.39, 0.29) is 22.7 Å². The lowest BCUT2D eigenvalue weighted by Gasteiger charge is -2.28. The van der Waals surface area contributed by atoms with Gasteiger partial charge in [-0.1, -0.05) is 32.9 Å².